The van der Waals surface area contributed by atoms with Gasteiger partial charge in [-0.1, -0.05) is 12.1 Å². The van der Waals surface area contributed by atoms with Crippen LogP contribution in [0.25, 0.3) is 0 Å². The zero-order valence-corrected chi connectivity index (χ0v) is 11.6. The van der Waals surface area contributed by atoms with E-state index in [9.17, 15) is 9.90 Å². The van der Waals surface area contributed by atoms with Crippen molar-refractivity contribution in [3.63, 3.8) is 0 Å². The second-order valence-corrected chi connectivity index (χ2v) is 5.57. The molecule has 1 atom stereocenters. The highest BCUT2D eigenvalue weighted by molar-refractivity contribution is 7.10. The third-order valence-corrected chi connectivity index (χ3v) is 4.22. The summed E-state index contributed by atoms with van der Waals surface area (Å²) in [5.74, 6) is 0.104. The molecule has 0 fully saturated rings. The topological polar surface area (TPSA) is 55.8 Å². The standard InChI is InChI=1S/C15H14O4S/c16-15(17)11(14-2-1-7-20-14)8-10-3-4-12-13(9-10)19-6-5-18-12/h1-4,7,9,11H,5-6,8H2,(H,16,17). The number of hydrogen-bond acceptors (Lipinski definition) is 4. The smallest absolute Gasteiger partial charge is 0.312 e. The fourth-order valence-corrected chi connectivity index (χ4v) is 3.07. The molecule has 1 N–H and O–H groups in total. The molecular weight excluding hydrogens is 276 g/mol. The Bertz CT molecular complexity index is 606. The molecule has 0 saturated heterocycles. The van der Waals surface area contributed by atoms with Crippen molar-refractivity contribution >= 4 is 17.3 Å². The largest absolute Gasteiger partial charge is 0.486 e. The van der Waals surface area contributed by atoms with Crippen LogP contribution in [0, 0.1) is 0 Å². The van der Waals surface area contributed by atoms with Gasteiger partial charge in [-0.2, -0.15) is 0 Å². The second kappa shape index (κ2) is 5.54. The van der Waals surface area contributed by atoms with E-state index in [4.69, 9.17) is 9.47 Å². The summed E-state index contributed by atoms with van der Waals surface area (Å²) >= 11 is 1.47. The summed E-state index contributed by atoms with van der Waals surface area (Å²) in [6.07, 6.45) is 0.451. The van der Waals surface area contributed by atoms with Crippen molar-refractivity contribution in [1.29, 1.82) is 0 Å². The van der Waals surface area contributed by atoms with Gasteiger partial charge in [0.15, 0.2) is 11.5 Å². The fourth-order valence-electron chi connectivity index (χ4n) is 2.25. The molecule has 0 spiro atoms. The average molecular weight is 290 g/mol. The Morgan fingerprint density at radius 2 is 2.05 bits per heavy atom. The molecule has 1 aliphatic rings. The quantitative estimate of drug-likeness (QED) is 0.940. The van der Waals surface area contributed by atoms with Crippen molar-refractivity contribution in [2.75, 3.05) is 13.2 Å². The van der Waals surface area contributed by atoms with Crippen LogP contribution in [0.4, 0.5) is 0 Å². The highest BCUT2D eigenvalue weighted by Gasteiger charge is 2.22. The maximum Gasteiger partial charge on any atom is 0.312 e. The van der Waals surface area contributed by atoms with Crippen molar-refractivity contribution in [3.05, 3.63) is 46.2 Å². The van der Waals surface area contributed by atoms with E-state index in [1.165, 1.54) is 11.3 Å². The summed E-state index contributed by atoms with van der Waals surface area (Å²) in [5, 5.41) is 11.3. The van der Waals surface area contributed by atoms with Crippen molar-refractivity contribution in [1.82, 2.24) is 0 Å². The lowest BCUT2D eigenvalue weighted by molar-refractivity contribution is -0.138. The molecule has 4 nitrogen and oxygen atoms in total. The van der Waals surface area contributed by atoms with Crippen molar-refractivity contribution in [3.8, 4) is 11.5 Å². The van der Waals surface area contributed by atoms with Gasteiger partial charge in [-0.15, -0.1) is 11.3 Å². The Morgan fingerprint density at radius 1 is 1.25 bits per heavy atom. The van der Waals surface area contributed by atoms with Crippen molar-refractivity contribution < 1.29 is 19.4 Å². The second-order valence-electron chi connectivity index (χ2n) is 4.59. The predicted molar refractivity (Wildman–Crippen MR) is 75.8 cm³/mol. The number of carboxylic acid groups (broad SMARTS) is 1. The first kappa shape index (κ1) is 13.0. The van der Waals surface area contributed by atoms with E-state index in [1.807, 2.05) is 35.7 Å². The van der Waals surface area contributed by atoms with Gasteiger partial charge in [-0.3, -0.25) is 4.79 Å². The van der Waals surface area contributed by atoms with Gasteiger partial charge in [0.1, 0.15) is 13.2 Å². The number of thiophene rings is 1. The lowest BCUT2D eigenvalue weighted by atomic mass is 9.97. The molecular formula is C15H14O4S. The molecule has 3 rings (SSSR count). The van der Waals surface area contributed by atoms with Crippen LogP contribution in [-0.4, -0.2) is 24.3 Å². The first-order valence-corrected chi connectivity index (χ1v) is 7.27. The maximum atomic E-state index is 11.4. The van der Waals surface area contributed by atoms with Gasteiger partial charge in [0.05, 0.1) is 5.92 Å². The average Bonchev–Trinajstić information content (AvgIpc) is 2.98. The van der Waals surface area contributed by atoms with Crippen LogP contribution in [0.2, 0.25) is 0 Å². The molecule has 5 heteroatoms. The molecule has 0 bridgehead atoms. The molecule has 1 aromatic carbocycles. The number of carbonyl (C=O) groups is 1. The van der Waals surface area contributed by atoms with Gasteiger partial charge in [0.25, 0.3) is 0 Å². The Balaban J connectivity index is 1.84. The van der Waals surface area contributed by atoms with E-state index in [0.717, 1.165) is 16.2 Å². The highest BCUT2D eigenvalue weighted by Crippen LogP contribution is 2.33. The van der Waals surface area contributed by atoms with Gasteiger partial charge in [-0.25, -0.2) is 0 Å². The zero-order valence-electron chi connectivity index (χ0n) is 10.7. The van der Waals surface area contributed by atoms with Crippen LogP contribution in [-0.2, 0) is 11.2 Å². The molecule has 0 radical (unpaired) electrons. The lowest BCUT2D eigenvalue weighted by Crippen LogP contribution is -2.16. The van der Waals surface area contributed by atoms with Gasteiger partial charge >= 0.3 is 5.97 Å². The molecule has 1 aromatic heterocycles. The van der Waals surface area contributed by atoms with Crippen LogP contribution in [0.3, 0.4) is 0 Å². The summed E-state index contributed by atoms with van der Waals surface area (Å²) in [5.41, 5.74) is 0.940. The first-order valence-electron chi connectivity index (χ1n) is 6.39. The monoisotopic (exact) mass is 290 g/mol. The molecule has 20 heavy (non-hydrogen) atoms. The van der Waals surface area contributed by atoms with Gasteiger partial charge < -0.3 is 14.6 Å². The summed E-state index contributed by atoms with van der Waals surface area (Å²) in [6.45, 7) is 1.09. The number of ether oxygens (including phenoxy) is 2. The van der Waals surface area contributed by atoms with Crippen LogP contribution in [0.5, 0.6) is 11.5 Å². The minimum atomic E-state index is -0.803. The summed E-state index contributed by atoms with van der Waals surface area (Å²) in [4.78, 5) is 12.3. The van der Waals surface area contributed by atoms with Crippen LogP contribution in [0.1, 0.15) is 16.4 Å². The van der Waals surface area contributed by atoms with E-state index in [0.29, 0.717) is 25.4 Å². The molecule has 1 unspecified atom stereocenters. The number of benzene rings is 1. The molecule has 1 aliphatic heterocycles. The Morgan fingerprint density at radius 3 is 2.75 bits per heavy atom. The number of carboxylic acids is 1. The summed E-state index contributed by atoms with van der Waals surface area (Å²) < 4.78 is 11.0. The molecule has 0 amide bonds. The SMILES string of the molecule is O=C(O)C(Cc1ccc2c(c1)OCCO2)c1cccs1. The highest BCUT2D eigenvalue weighted by atomic mass is 32.1. The normalized spacial score (nSPS) is 14.8. The number of fused-ring (bicyclic) bond motifs is 1. The third-order valence-electron chi connectivity index (χ3n) is 3.23. The lowest BCUT2D eigenvalue weighted by Gasteiger charge is -2.19. The van der Waals surface area contributed by atoms with Crippen molar-refractivity contribution in [2.45, 2.75) is 12.3 Å². The number of rotatable bonds is 4. The fraction of sp³-hybridized carbons (Fsp3) is 0.267. The van der Waals surface area contributed by atoms with Gasteiger partial charge in [0, 0.05) is 4.88 Å². The minimum Gasteiger partial charge on any atom is -0.486 e. The van der Waals surface area contributed by atoms with E-state index in [2.05, 4.69) is 0 Å². The van der Waals surface area contributed by atoms with Crippen molar-refractivity contribution in [2.24, 2.45) is 0 Å². The molecule has 0 saturated carbocycles. The van der Waals surface area contributed by atoms with E-state index in [-0.39, 0.29) is 0 Å². The Kier molecular flexibility index (Phi) is 3.60. The Labute approximate surface area is 120 Å². The summed E-state index contributed by atoms with van der Waals surface area (Å²) in [7, 11) is 0. The zero-order chi connectivity index (χ0) is 13.9. The predicted octanol–water partition coefficient (Wildman–Crippen LogP) is 2.93. The van der Waals surface area contributed by atoms with E-state index >= 15 is 0 Å². The van der Waals surface area contributed by atoms with Gasteiger partial charge in [0.2, 0.25) is 0 Å². The molecule has 104 valence electrons. The minimum absolute atomic E-state index is 0.451. The van der Waals surface area contributed by atoms with Crippen LogP contribution >= 0.6 is 11.3 Å². The number of aliphatic carboxylic acids is 1. The van der Waals surface area contributed by atoms with E-state index in [1.54, 1.807) is 0 Å². The first-order chi connectivity index (χ1) is 9.74. The van der Waals surface area contributed by atoms with E-state index < -0.39 is 11.9 Å². The maximum absolute atomic E-state index is 11.4. The van der Waals surface area contributed by atoms with Crippen LogP contribution < -0.4 is 9.47 Å². The summed E-state index contributed by atoms with van der Waals surface area (Å²) in [6, 6.07) is 9.35. The number of hydrogen-bond donors (Lipinski definition) is 1. The van der Waals surface area contributed by atoms with Gasteiger partial charge in [-0.05, 0) is 35.6 Å². The molecule has 2 aromatic rings. The van der Waals surface area contributed by atoms with Crippen LogP contribution in [0.15, 0.2) is 35.7 Å². The molecule has 0 aliphatic carbocycles. The molecule has 2 heterocycles. The Hall–Kier alpha value is -2.01. The third kappa shape index (κ3) is 2.63.